The summed E-state index contributed by atoms with van der Waals surface area (Å²) in [7, 11) is -4.22. The van der Waals surface area contributed by atoms with Gasteiger partial charge in [0.2, 0.25) is 0 Å². The lowest BCUT2D eigenvalue weighted by atomic mass is 10.2. The van der Waals surface area contributed by atoms with E-state index in [-0.39, 0.29) is 19.8 Å². The molecule has 0 heterocycles. The molecular formula is C15H36O8S. The Morgan fingerprint density at radius 1 is 0.750 bits per heavy atom. The average Bonchev–Trinajstić information content (AvgIpc) is 2.52. The lowest BCUT2D eigenvalue weighted by Gasteiger charge is -1.99. The number of rotatable bonds is 13. The minimum absolute atomic E-state index is 0.0278. The zero-order valence-corrected chi connectivity index (χ0v) is 16.1. The van der Waals surface area contributed by atoms with Crippen molar-refractivity contribution < 1.29 is 36.8 Å². The molecule has 0 aliphatic rings. The number of unbranched alkanes of at least 4 members (excludes halogenated alkanes) is 4. The van der Waals surface area contributed by atoms with Crippen LogP contribution in [0.5, 0.6) is 0 Å². The molecule has 0 spiro atoms. The minimum atomic E-state index is -4.22. The van der Waals surface area contributed by atoms with E-state index in [2.05, 4.69) is 15.8 Å². The highest BCUT2D eigenvalue weighted by atomic mass is 32.3. The van der Waals surface area contributed by atoms with Crippen LogP contribution in [0.2, 0.25) is 0 Å². The SMILES string of the molecule is CCCCCCCOS(=O)(=O)O.CCOCC.OCCOCCO. The normalized spacial score (nSPS) is 10.4. The van der Waals surface area contributed by atoms with Crippen molar-refractivity contribution in [2.45, 2.75) is 52.9 Å². The number of hydrogen-bond acceptors (Lipinski definition) is 7. The Hall–Kier alpha value is -0.290. The van der Waals surface area contributed by atoms with Gasteiger partial charge in [0.15, 0.2) is 0 Å². The van der Waals surface area contributed by atoms with Crippen molar-refractivity contribution in [2.75, 3.05) is 46.2 Å². The molecule has 0 atom stereocenters. The highest BCUT2D eigenvalue weighted by Gasteiger charge is 2.02. The van der Waals surface area contributed by atoms with E-state index in [1.165, 1.54) is 0 Å². The van der Waals surface area contributed by atoms with Crippen LogP contribution in [0, 0.1) is 0 Å². The fourth-order valence-corrected chi connectivity index (χ4v) is 1.63. The Labute approximate surface area is 147 Å². The van der Waals surface area contributed by atoms with Gasteiger partial charge in [-0.1, -0.05) is 32.6 Å². The minimum Gasteiger partial charge on any atom is -0.394 e. The largest absolute Gasteiger partial charge is 0.397 e. The van der Waals surface area contributed by atoms with Gasteiger partial charge in [-0.15, -0.1) is 0 Å². The maximum Gasteiger partial charge on any atom is 0.397 e. The molecule has 0 aliphatic heterocycles. The summed E-state index contributed by atoms with van der Waals surface area (Å²) in [6.07, 6.45) is 5.03. The third-order valence-electron chi connectivity index (χ3n) is 2.36. The summed E-state index contributed by atoms with van der Waals surface area (Å²) in [5, 5.41) is 16.2. The van der Waals surface area contributed by atoms with Crippen molar-refractivity contribution in [2.24, 2.45) is 0 Å². The molecule has 8 nitrogen and oxygen atoms in total. The molecule has 0 radical (unpaired) electrons. The van der Waals surface area contributed by atoms with Crippen LogP contribution in [0.25, 0.3) is 0 Å². The van der Waals surface area contributed by atoms with E-state index in [4.69, 9.17) is 19.5 Å². The van der Waals surface area contributed by atoms with Gasteiger partial charge in [-0.25, -0.2) is 4.18 Å². The predicted molar refractivity (Wildman–Crippen MR) is 93.4 cm³/mol. The van der Waals surface area contributed by atoms with Gasteiger partial charge in [0, 0.05) is 13.2 Å². The summed E-state index contributed by atoms with van der Waals surface area (Å²) >= 11 is 0. The Morgan fingerprint density at radius 2 is 1.25 bits per heavy atom. The van der Waals surface area contributed by atoms with Crippen LogP contribution in [0.1, 0.15) is 52.9 Å². The first-order chi connectivity index (χ1) is 11.4. The smallest absolute Gasteiger partial charge is 0.394 e. The summed E-state index contributed by atoms with van der Waals surface area (Å²) in [6, 6.07) is 0. The average molecular weight is 377 g/mol. The molecular weight excluding hydrogens is 340 g/mol. The maximum atomic E-state index is 10.1. The quantitative estimate of drug-likeness (QED) is 0.328. The summed E-state index contributed by atoms with van der Waals surface area (Å²) in [5.41, 5.74) is 0. The number of hydrogen-bond donors (Lipinski definition) is 3. The Morgan fingerprint density at radius 3 is 1.58 bits per heavy atom. The van der Waals surface area contributed by atoms with Crippen LogP contribution < -0.4 is 0 Å². The third-order valence-corrected chi connectivity index (χ3v) is 2.82. The van der Waals surface area contributed by atoms with Crippen LogP contribution in [0.3, 0.4) is 0 Å². The van der Waals surface area contributed by atoms with Gasteiger partial charge in [0.25, 0.3) is 0 Å². The van der Waals surface area contributed by atoms with E-state index in [9.17, 15) is 8.42 Å². The van der Waals surface area contributed by atoms with E-state index < -0.39 is 10.4 Å². The van der Waals surface area contributed by atoms with Gasteiger partial charge in [0.1, 0.15) is 0 Å². The predicted octanol–water partition coefficient (Wildman–Crippen LogP) is 1.81. The van der Waals surface area contributed by atoms with E-state index in [0.717, 1.165) is 38.9 Å². The number of aliphatic hydroxyl groups is 2. The summed E-state index contributed by atoms with van der Waals surface area (Å²) in [6.45, 7) is 8.55. The van der Waals surface area contributed by atoms with Crippen molar-refractivity contribution in [1.29, 1.82) is 0 Å². The van der Waals surface area contributed by atoms with Gasteiger partial charge in [-0.3, -0.25) is 4.55 Å². The van der Waals surface area contributed by atoms with Crippen LogP contribution in [-0.4, -0.2) is 69.4 Å². The van der Waals surface area contributed by atoms with Gasteiger partial charge in [0.05, 0.1) is 33.0 Å². The monoisotopic (exact) mass is 376 g/mol. The molecule has 0 saturated heterocycles. The first-order valence-corrected chi connectivity index (χ1v) is 9.74. The molecule has 9 heteroatoms. The lowest BCUT2D eigenvalue weighted by Crippen LogP contribution is -2.04. The zero-order valence-electron chi connectivity index (χ0n) is 15.3. The van der Waals surface area contributed by atoms with Gasteiger partial charge < -0.3 is 19.7 Å². The molecule has 0 bridgehead atoms. The summed E-state index contributed by atoms with van der Waals surface area (Å²) < 4.78 is 41.9. The first kappa shape index (κ1) is 28.5. The molecule has 0 rings (SSSR count). The molecule has 3 N–H and O–H groups in total. The molecule has 0 saturated carbocycles. The van der Waals surface area contributed by atoms with Gasteiger partial charge >= 0.3 is 10.4 Å². The van der Waals surface area contributed by atoms with E-state index in [0.29, 0.717) is 19.6 Å². The standard InChI is InChI=1S/C7H16O4S.C4H10O3.C4H10O/c1-2-3-4-5-6-7-11-12(8,9)10;5-1-3-7-4-2-6;1-3-5-4-2/h2-7H2,1H3,(H,8,9,10);5-6H,1-4H2;3-4H2,1-2H3. The van der Waals surface area contributed by atoms with Crippen LogP contribution in [-0.2, 0) is 24.1 Å². The Balaban J connectivity index is -0.000000311. The topological polar surface area (TPSA) is 123 Å². The molecule has 0 aliphatic carbocycles. The zero-order chi connectivity index (χ0) is 19.1. The van der Waals surface area contributed by atoms with Gasteiger partial charge in [-0.05, 0) is 20.3 Å². The second kappa shape index (κ2) is 25.0. The van der Waals surface area contributed by atoms with Crippen LogP contribution >= 0.6 is 0 Å². The van der Waals surface area contributed by atoms with Crippen LogP contribution in [0.15, 0.2) is 0 Å². The fraction of sp³-hybridized carbons (Fsp3) is 1.00. The molecule has 0 amide bonds. The second-order valence-electron chi connectivity index (χ2n) is 4.50. The highest BCUT2D eigenvalue weighted by Crippen LogP contribution is 2.02. The molecule has 150 valence electrons. The van der Waals surface area contributed by atoms with E-state index >= 15 is 0 Å². The molecule has 24 heavy (non-hydrogen) atoms. The second-order valence-corrected chi connectivity index (χ2v) is 5.60. The fourth-order valence-electron chi connectivity index (χ4n) is 1.31. The van der Waals surface area contributed by atoms with Crippen molar-refractivity contribution in [3.05, 3.63) is 0 Å². The summed E-state index contributed by atoms with van der Waals surface area (Å²) in [4.78, 5) is 0. The highest BCUT2D eigenvalue weighted by molar-refractivity contribution is 7.80. The molecule has 0 fully saturated rings. The van der Waals surface area contributed by atoms with Crippen molar-refractivity contribution in [3.8, 4) is 0 Å². The number of aliphatic hydroxyl groups excluding tert-OH is 2. The van der Waals surface area contributed by atoms with Crippen molar-refractivity contribution in [3.63, 3.8) is 0 Å². The molecule has 0 aromatic carbocycles. The van der Waals surface area contributed by atoms with E-state index in [1.807, 2.05) is 13.8 Å². The molecule has 0 unspecified atom stereocenters. The lowest BCUT2D eigenvalue weighted by molar-refractivity contribution is 0.0650. The van der Waals surface area contributed by atoms with E-state index in [1.54, 1.807) is 0 Å². The molecule has 0 aromatic heterocycles. The van der Waals surface area contributed by atoms with Crippen molar-refractivity contribution in [1.82, 2.24) is 0 Å². The van der Waals surface area contributed by atoms with Gasteiger partial charge in [-0.2, -0.15) is 8.42 Å². The first-order valence-electron chi connectivity index (χ1n) is 8.38. The summed E-state index contributed by atoms with van der Waals surface area (Å²) in [5.74, 6) is 0. The van der Waals surface area contributed by atoms with Crippen LogP contribution in [0.4, 0.5) is 0 Å². The third kappa shape index (κ3) is 43.0. The Kier molecular flexibility index (Phi) is 29.6. The molecule has 0 aromatic rings. The van der Waals surface area contributed by atoms with Crippen molar-refractivity contribution >= 4 is 10.4 Å². The number of ether oxygens (including phenoxy) is 2. The maximum absolute atomic E-state index is 10.1. The Bertz CT molecular complexity index is 290.